The number of carbonyl (C=O) groups is 1. The van der Waals surface area contributed by atoms with Gasteiger partial charge in [-0.3, -0.25) is 10.1 Å². The third-order valence-electron chi connectivity index (χ3n) is 3.06. The van der Waals surface area contributed by atoms with Crippen molar-refractivity contribution in [1.82, 2.24) is 10.2 Å². The van der Waals surface area contributed by atoms with Gasteiger partial charge in [0.15, 0.2) is 0 Å². The second-order valence-corrected chi connectivity index (χ2v) is 5.65. The van der Waals surface area contributed by atoms with Crippen LogP contribution in [0.15, 0.2) is 0 Å². The fraction of sp³-hybridized carbons (Fsp3) is 0.923. The standard InChI is InChI=1S/C13H26N2O/c1-10(2)6-5-7-15-12(8-11(3)4)14-9-13(15)16/h10-12,14H,5-9H2,1-4H3. The van der Waals surface area contributed by atoms with Gasteiger partial charge in [-0.15, -0.1) is 0 Å². The van der Waals surface area contributed by atoms with Crippen molar-refractivity contribution in [3.05, 3.63) is 0 Å². The molecule has 1 saturated heterocycles. The number of nitrogens with zero attached hydrogens (tertiary/aromatic N) is 1. The van der Waals surface area contributed by atoms with Crippen LogP contribution in [-0.4, -0.2) is 30.1 Å². The third-order valence-corrected chi connectivity index (χ3v) is 3.06. The van der Waals surface area contributed by atoms with Crippen molar-refractivity contribution in [1.29, 1.82) is 0 Å². The van der Waals surface area contributed by atoms with E-state index in [0.29, 0.717) is 12.5 Å². The molecule has 1 unspecified atom stereocenters. The van der Waals surface area contributed by atoms with Gasteiger partial charge in [0.1, 0.15) is 0 Å². The van der Waals surface area contributed by atoms with Gasteiger partial charge in [0.05, 0.1) is 12.7 Å². The minimum Gasteiger partial charge on any atom is -0.326 e. The lowest BCUT2D eigenvalue weighted by Gasteiger charge is -2.26. The maximum atomic E-state index is 11.7. The fourth-order valence-corrected chi connectivity index (χ4v) is 2.20. The zero-order valence-corrected chi connectivity index (χ0v) is 11.1. The third kappa shape index (κ3) is 4.12. The molecule has 1 rings (SSSR count). The molecule has 0 aromatic rings. The first kappa shape index (κ1) is 13.5. The molecule has 1 heterocycles. The number of hydrogen-bond donors (Lipinski definition) is 1. The first-order chi connectivity index (χ1) is 7.50. The molecule has 3 nitrogen and oxygen atoms in total. The average molecular weight is 226 g/mol. The SMILES string of the molecule is CC(C)CCCN1C(=O)CNC1CC(C)C. The lowest BCUT2D eigenvalue weighted by Crippen LogP contribution is -2.39. The summed E-state index contributed by atoms with van der Waals surface area (Å²) in [7, 11) is 0. The molecule has 0 bridgehead atoms. The molecule has 94 valence electrons. The van der Waals surface area contributed by atoms with Crippen LogP contribution in [0.2, 0.25) is 0 Å². The Morgan fingerprint density at radius 2 is 2.00 bits per heavy atom. The van der Waals surface area contributed by atoms with Crippen LogP contribution in [0, 0.1) is 11.8 Å². The molecule has 1 amide bonds. The van der Waals surface area contributed by atoms with E-state index in [1.807, 2.05) is 4.90 Å². The van der Waals surface area contributed by atoms with Crippen LogP contribution >= 0.6 is 0 Å². The zero-order chi connectivity index (χ0) is 12.1. The van der Waals surface area contributed by atoms with E-state index in [1.165, 1.54) is 6.42 Å². The number of nitrogens with one attached hydrogen (secondary N) is 1. The Kier molecular flexibility index (Phi) is 5.26. The molecule has 1 fully saturated rings. The number of carbonyl (C=O) groups excluding carboxylic acids is 1. The van der Waals surface area contributed by atoms with Crippen LogP contribution in [-0.2, 0) is 4.79 Å². The minimum atomic E-state index is 0.273. The summed E-state index contributed by atoms with van der Waals surface area (Å²) in [4.78, 5) is 13.7. The Balaban J connectivity index is 2.37. The quantitative estimate of drug-likeness (QED) is 0.753. The number of amides is 1. The molecule has 0 aromatic heterocycles. The highest BCUT2D eigenvalue weighted by molar-refractivity contribution is 5.80. The van der Waals surface area contributed by atoms with Crippen LogP contribution in [0.3, 0.4) is 0 Å². The van der Waals surface area contributed by atoms with Gasteiger partial charge >= 0.3 is 0 Å². The lowest BCUT2D eigenvalue weighted by molar-refractivity contribution is -0.128. The fourth-order valence-electron chi connectivity index (χ4n) is 2.20. The maximum Gasteiger partial charge on any atom is 0.237 e. The Labute approximate surface area is 99.6 Å². The molecule has 0 radical (unpaired) electrons. The van der Waals surface area contributed by atoms with E-state index in [0.717, 1.165) is 25.3 Å². The van der Waals surface area contributed by atoms with Crippen molar-refractivity contribution < 1.29 is 4.79 Å². The minimum absolute atomic E-state index is 0.273. The lowest BCUT2D eigenvalue weighted by atomic mass is 10.1. The van der Waals surface area contributed by atoms with E-state index in [4.69, 9.17) is 0 Å². The molecule has 1 aliphatic rings. The van der Waals surface area contributed by atoms with Crippen molar-refractivity contribution >= 4 is 5.91 Å². The normalized spacial score (nSPS) is 21.5. The first-order valence-electron chi connectivity index (χ1n) is 6.53. The molecule has 0 saturated carbocycles. The zero-order valence-electron chi connectivity index (χ0n) is 11.1. The van der Waals surface area contributed by atoms with Gasteiger partial charge < -0.3 is 4.90 Å². The van der Waals surface area contributed by atoms with Crippen LogP contribution in [0.1, 0.15) is 47.0 Å². The molecule has 16 heavy (non-hydrogen) atoms. The molecular formula is C13H26N2O. The molecule has 0 spiro atoms. The average Bonchev–Trinajstić information content (AvgIpc) is 2.48. The van der Waals surface area contributed by atoms with E-state index < -0.39 is 0 Å². The first-order valence-corrected chi connectivity index (χ1v) is 6.53. The summed E-state index contributed by atoms with van der Waals surface area (Å²) >= 11 is 0. The summed E-state index contributed by atoms with van der Waals surface area (Å²) < 4.78 is 0. The van der Waals surface area contributed by atoms with Gasteiger partial charge in [0.25, 0.3) is 0 Å². The molecule has 0 aromatic carbocycles. The van der Waals surface area contributed by atoms with Gasteiger partial charge in [-0.05, 0) is 31.1 Å². The summed E-state index contributed by atoms with van der Waals surface area (Å²) in [6.07, 6.45) is 3.67. The van der Waals surface area contributed by atoms with E-state index in [1.54, 1.807) is 0 Å². The van der Waals surface area contributed by atoms with Crippen LogP contribution in [0.25, 0.3) is 0 Å². The van der Waals surface area contributed by atoms with Crippen molar-refractivity contribution in [2.75, 3.05) is 13.1 Å². The van der Waals surface area contributed by atoms with E-state index in [-0.39, 0.29) is 12.1 Å². The molecule has 3 heteroatoms. The second-order valence-electron chi connectivity index (χ2n) is 5.65. The monoisotopic (exact) mass is 226 g/mol. The summed E-state index contributed by atoms with van der Waals surface area (Å²) in [6, 6.07) is 0. The summed E-state index contributed by atoms with van der Waals surface area (Å²) in [5.41, 5.74) is 0. The predicted octanol–water partition coefficient (Wildman–Crippen LogP) is 2.23. The van der Waals surface area contributed by atoms with Crippen LogP contribution < -0.4 is 5.32 Å². The molecule has 1 N–H and O–H groups in total. The summed E-state index contributed by atoms with van der Waals surface area (Å²) in [6.45, 7) is 10.3. The Hall–Kier alpha value is -0.570. The summed E-state index contributed by atoms with van der Waals surface area (Å²) in [5, 5.41) is 3.30. The molecular weight excluding hydrogens is 200 g/mol. The smallest absolute Gasteiger partial charge is 0.237 e. The Morgan fingerprint density at radius 1 is 1.31 bits per heavy atom. The van der Waals surface area contributed by atoms with Crippen molar-refractivity contribution in [3.8, 4) is 0 Å². The number of hydrogen-bond acceptors (Lipinski definition) is 2. The molecule has 0 aliphatic carbocycles. The van der Waals surface area contributed by atoms with Gasteiger partial charge in [-0.1, -0.05) is 27.7 Å². The predicted molar refractivity (Wildman–Crippen MR) is 67.0 cm³/mol. The molecule has 1 aliphatic heterocycles. The Bertz CT molecular complexity index is 226. The molecule has 1 atom stereocenters. The van der Waals surface area contributed by atoms with Gasteiger partial charge in [0, 0.05) is 6.54 Å². The van der Waals surface area contributed by atoms with Crippen LogP contribution in [0.5, 0.6) is 0 Å². The van der Waals surface area contributed by atoms with E-state index in [2.05, 4.69) is 33.0 Å². The number of rotatable bonds is 6. The largest absolute Gasteiger partial charge is 0.326 e. The van der Waals surface area contributed by atoms with Gasteiger partial charge in [0.2, 0.25) is 5.91 Å². The summed E-state index contributed by atoms with van der Waals surface area (Å²) in [5.74, 6) is 1.64. The van der Waals surface area contributed by atoms with Gasteiger partial charge in [-0.25, -0.2) is 0 Å². The highest BCUT2D eigenvalue weighted by atomic mass is 16.2. The van der Waals surface area contributed by atoms with Gasteiger partial charge in [-0.2, -0.15) is 0 Å². The van der Waals surface area contributed by atoms with Crippen molar-refractivity contribution in [2.24, 2.45) is 11.8 Å². The highest BCUT2D eigenvalue weighted by Crippen LogP contribution is 2.15. The maximum absolute atomic E-state index is 11.7. The topological polar surface area (TPSA) is 32.3 Å². The van der Waals surface area contributed by atoms with E-state index in [9.17, 15) is 4.79 Å². The van der Waals surface area contributed by atoms with Crippen molar-refractivity contribution in [2.45, 2.75) is 53.1 Å². The van der Waals surface area contributed by atoms with E-state index >= 15 is 0 Å². The van der Waals surface area contributed by atoms with Crippen molar-refractivity contribution in [3.63, 3.8) is 0 Å². The van der Waals surface area contributed by atoms with Crippen LogP contribution in [0.4, 0.5) is 0 Å². The highest BCUT2D eigenvalue weighted by Gasteiger charge is 2.29. The second kappa shape index (κ2) is 6.24. The Morgan fingerprint density at radius 3 is 2.56 bits per heavy atom.